The molecule has 2 rings (SSSR count). The average Bonchev–Trinajstić information content (AvgIpc) is 3.09. The van der Waals surface area contributed by atoms with Crippen LogP contribution in [0.3, 0.4) is 0 Å². The first-order valence-electron chi connectivity index (χ1n) is 8.66. The van der Waals surface area contributed by atoms with Crippen LogP contribution in [0, 0.1) is 5.92 Å². The SMILES string of the molecule is C=C(C)C1CC/C(C)=C/CC/C(C)=C/CC[C@@]2(C)O[C@@H]2[C@@H]1O. The van der Waals surface area contributed by atoms with Crippen LogP contribution in [0.2, 0.25) is 0 Å². The van der Waals surface area contributed by atoms with Crippen LogP contribution in [0.5, 0.6) is 0 Å². The van der Waals surface area contributed by atoms with E-state index in [4.69, 9.17) is 4.74 Å². The van der Waals surface area contributed by atoms with Gasteiger partial charge in [-0.1, -0.05) is 35.5 Å². The molecule has 2 aliphatic rings. The Bertz CT molecular complexity index is 474. The molecule has 0 amide bonds. The highest BCUT2D eigenvalue weighted by Gasteiger charge is 2.56. The van der Waals surface area contributed by atoms with Crippen LogP contribution >= 0.6 is 0 Å². The fourth-order valence-electron chi connectivity index (χ4n) is 3.55. The summed E-state index contributed by atoms with van der Waals surface area (Å²) in [5, 5.41) is 10.7. The standard InChI is InChI=1S/C20H32O2/c1-14(2)17-12-11-16(4)9-6-8-15(3)10-7-13-20(5)19(22-20)18(17)21/h9-10,17-19,21H,1,6-8,11-13H2,2-5H3/b15-10+,16-9+/t17?,18-,19-,20-/m1/s1. The van der Waals surface area contributed by atoms with Gasteiger partial charge in [0.05, 0.1) is 11.7 Å². The maximum atomic E-state index is 10.7. The molecule has 0 radical (unpaired) electrons. The quantitative estimate of drug-likeness (QED) is 0.549. The van der Waals surface area contributed by atoms with Gasteiger partial charge in [-0.25, -0.2) is 0 Å². The molecule has 22 heavy (non-hydrogen) atoms. The molecule has 1 heterocycles. The highest BCUT2D eigenvalue weighted by Crippen LogP contribution is 2.45. The molecule has 2 nitrogen and oxygen atoms in total. The van der Waals surface area contributed by atoms with E-state index in [1.54, 1.807) is 0 Å². The summed E-state index contributed by atoms with van der Waals surface area (Å²) in [5.74, 6) is 0.135. The van der Waals surface area contributed by atoms with Gasteiger partial charge in [0.25, 0.3) is 0 Å². The lowest BCUT2D eigenvalue weighted by atomic mass is 9.84. The summed E-state index contributed by atoms with van der Waals surface area (Å²) < 4.78 is 5.90. The van der Waals surface area contributed by atoms with Crippen molar-refractivity contribution in [2.24, 2.45) is 5.92 Å². The third-order valence-electron chi connectivity index (χ3n) is 5.31. The minimum Gasteiger partial charge on any atom is -0.390 e. The van der Waals surface area contributed by atoms with Gasteiger partial charge in [0.2, 0.25) is 0 Å². The lowest BCUT2D eigenvalue weighted by molar-refractivity contribution is 0.0882. The van der Waals surface area contributed by atoms with E-state index in [9.17, 15) is 5.11 Å². The molecule has 1 aliphatic heterocycles. The van der Waals surface area contributed by atoms with Crippen LogP contribution in [0.1, 0.15) is 66.2 Å². The predicted molar refractivity (Wildman–Crippen MR) is 92.8 cm³/mol. The molecule has 2 heteroatoms. The van der Waals surface area contributed by atoms with Gasteiger partial charge in [0.15, 0.2) is 0 Å². The first-order chi connectivity index (χ1) is 10.3. The molecule has 0 aromatic rings. The van der Waals surface area contributed by atoms with Crippen LogP contribution in [-0.2, 0) is 4.74 Å². The van der Waals surface area contributed by atoms with Gasteiger partial charge in [-0.05, 0) is 66.2 Å². The Labute approximate surface area is 136 Å². The summed E-state index contributed by atoms with van der Waals surface area (Å²) >= 11 is 0. The van der Waals surface area contributed by atoms with Crippen molar-refractivity contribution >= 4 is 0 Å². The Morgan fingerprint density at radius 3 is 2.55 bits per heavy atom. The van der Waals surface area contributed by atoms with E-state index in [-0.39, 0.29) is 17.6 Å². The number of rotatable bonds is 1. The van der Waals surface area contributed by atoms with Crippen molar-refractivity contribution in [2.45, 2.75) is 84.0 Å². The van der Waals surface area contributed by atoms with Crippen LogP contribution in [0.15, 0.2) is 35.5 Å². The average molecular weight is 304 g/mol. The summed E-state index contributed by atoms with van der Waals surface area (Å²) in [6, 6.07) is 0. The first-order valence-corrected chi connectivity index (χ1v) is 8.66. The molecule has 1 saturated heterocycles. The van der Waals surface area contributed by atoms with Gasteiger partial charge < -0.3 is 9.84 Å². The van der Waals surface area contributed by atoms with Crippen molar-refractivity contribution in [2.75, 3.05) is 0 Å². The summed E-state index contributed by atoms with van der Waals surface area (Å²) in [6.45, 7) is 12.7. The van der Waals surface area contributed by atoms with Crippen molar-refractivity contribution < 1.29 is 9.84 Å². The normalized spacial score (nSPS) is 42.1. The second kappa shape index (κ2) is 7.14. The zero-order chi connectivity index (χ0) is 16.3. The lowest BCUT2D eigenvalue weighted by Crippen LogP contribution is -2.31. The first kappa shape index (κ1) is 17.5. The van der Waals surface area contributed by atoms with Gasteiger partial charge in [0.1, 0.15) is 6.10 Å². The number of ether oxygens (including phenoxy) is 1. The van der Waals surface area contributed by atoms with Crippen molar-refractivity contribution in [3.63, 3.8) is 0 Å². The highest BCUT2D eigenvalue weighted by atomic mass is 16.6. The highest BCUT2D eigenvalue weighted by molar-refractivity contribution is 5.13. The van der Waals surface area contributed by atoms with Gasteiger partial charge in [-0.15, -0.1) is 0 Å². The Balaban J connectivity index is 2.13. The summed E-state index contributed by atoms with van der Waals surface area (Å²) in [7, 11) is 0. The van der Waals surface area contributed by atoms with Gasteiger partial charge in [0, 0.05) is 5.92 Å². The van der Waals surface area contributed by atoms with Crippen LogP contribution in [0.4, 0.5) is 0 Å². The third-order valence-corrected chi connectivity index (χ3v) is 5.31. The zero-order valence-electron chi connectivity index (χ0n) is 14.7. The third kappa shape index (κ3) is 4.33. The number of hydrogen-bond donors (Lipinski definition) is 1. The topological polar surface area (TPSA) is 32.8 Å². The molecule has 0 bridgehead atoms. The van der Waals surface area contributed by atoms with Gasteiger partial charge in [-0.3, -0.25) is 0 Å². The fourth-order valence-corrected chi connectivity index (χ4v) is 3.55. The van der Waals surface area contributed by atoms with Crippen molar-refractivity contribution in [3.8, 4) is 0 Å². The molecular weight excluding hydrogens is 272 g/mol. The number of allylic oxidation sites excluding steroid dienone is 4. The van der Waals surface area contributed by atoms with Crippen molar-refractivity contribution in [1.82, 2.24) is 0 Å². The second-order valence-corrected chi connectivity index (χ2v) is 7.51. The van der Waals surface area contributed by atoms with E-state index in [2.05, 4.69) is 39.5 Å². The number of aliphatic hydroxyl groups is 1. The van der Waals surface area contributed by atoms with E-state index in [0.29, 0.717) is 0 Å². The molecule has 1 fully saturated rings. The lowest BCUT2D eigenvalue weighted by Gasteiger charge is -2.23. The minimum absolute atomic E-state index is 0.0323. The molecule has 1 unspecified atom stereocenters. The van der Waals surface area contributed by atoms with Crippen LogP contribution < -0.4 is 0 Å². The molecule has 0 aromatic carbocycles. The Kier molecular flexibility index (Phi) is 5.68. The molecule has 0 spiro atoms. The number of hydrogen-bond acceptors (Lipinski definition) is 2. The molecule has 1 aliphatic carbocycles. The summed E-state index contributed by atoms with van der Waals surface area (Å²) in [4.78, 5) is 0. The number of epoxide rings is 1. The van der Waals surface area contributed by atoms with Crippen molar-refractivity contribution in [3.05, 3.63) is 35.5 Å². The van der Waals surface area contributed by atoms with Crippen LogP contribution in [0.25, 0.3) is 0 Å². The van der Waals surface area contributed by atoms with E-state index in [1.807, 2.05) is 6.92 Å². The molecule has 4 atom stereocenters. The molecule has 0 saturated carbocycles. The van der Waals surface area contributed by atoms with E-state index >= 15 is 0 Å². The second-order valence-electron chi connectivity index (χ2n) is 7.51. The summed E-state index contributed by atoms with van der Waals surface area (Å²) in [6.07, 6.45) is 10.5. The monoisotopic (exact) mass is 304 g/mol. The van der Waals surface area contributed by atoms with E-state index in [1.165, 1.54) is 11.1 Å². The molecule has 0 aromatic heterocycles. The van der Waals surface area contributed by atoms with Gasteiger partial charge >= 0.3 is 0 Å². The largest absolute Gasteiger partial charge is 0.390 e. The smallest absolute Gasteiger partial charge is 0.113 e. The van der Waals surface area contributed by atoms with E-state index < -0.39 is 6.10 Å². The maximum Gasteiger partial charge on any atom is 0.113 e. The fraction of sp³-hybridized carbons (Fsp3) is 0.700. The van der Waals surface area contributed by atoms with Crippen molar-refractivity contribution in [1.29, 1.82) is 0 Å². The Morgan fingerprint density at radius 2 is 1.86 bits per heavy atom. The number of aliphatic hydroxyl groups excluding tert-OH is 1. The zero-order valence-corrected chi connectivity index (χ0v) is 14.7. The van der Waals surface area contributed by atoms with Gasteiger partial charge in [-0.2, -0.15) is 0 Å². The summed E-state index contributed by atoms with van der Waals surface area (Å²) in [5.41, 5.74) is 3.80. The minimum atomic E-state index is -0.427. The van der Waals surface area contributed by atoms with E-state index in [0.717, 1.165) is 44.1 Å². The maximum absolute atomic E-state index is 10.7. The predicted octanol–water partition coefficient (Wildman–Crippen LogP) is 4.94. The molecule has 1 N–H and O–H groups in total. The number of fused-ring (bicyclic) bond motifs is 1. The molecular formula is C20H32O2. The Hall–Kier alpha value is -0.860. The molecule has 124 valence electrons. The van der Waals surface area contributed by atoms with Crippen LogP contribution in [-0.4, -0.2) is 22.9 Å². The Morgan fingerprint density at radius 1 is 1.23 bits per heavy atom.